The number of benzene rings is 1. The quantitative estimate of drug-likeness (QED) is 0.658. The van der Waals surface area contributed by atoms with Crippen LogP contribution in [0.2, 0.25) is 0 Å². The zero-order chi connectivity index (χ0) is 9.26. The Morgan fingerprint density at radius 2 is 2.00 bits per heavy atom. The highest BCUT2D eigenvalue weighted by Crippen LogP contribution is 2.26. The third-order valence-corrected chi connectivity index (χ3v) is 2.37. The molecule has 1 fully saturated rings. The van der Waals surface area contributed by atoms with E-state index in [-0.39, 0.29) is 11.8 Å². The van der Waals surface area contributed by atoms with Crippen molar-refractivity contribution in [3.63, 3.8) is 0 Å². The van der Waals surface area contributed by atoms with Gasteiger partial charge in [0, 0.05) is 12.3 Å². The number of carbonyl (C=O) groups excluding carboxylic acids is 1. The molecule has 3 nitrogen and oxygen atoms in total. The molecule has 0 radical (unpaired) electrons. The van der Waals surface area contributed by atoms with Crippen molar-refractivity contribution in [2.24, 2.45) is 0 Å². The predicted octanol–water partition coefficient (Wildman–Crippen LogP) is 1.39. The molecule has 2 rings (SSSR count). The Morgan fingerprint density at radius 1 is 1.31 bits per heavy atom. The minimum Gasteiger partial charge on any atom is -0.286 e. The van der Waals surface area contributed by atoms with Crippen LogP contribution in [0.5, 0.6) is 0 Å². The molecule has 1 aliphatic heterocycles. The van der Waals surface area contributed by atoms with Crippen molar-refractivity contribution in [2.75, 3.05) is 6.54 Å². The Balaban J connectivity index is 2.17. The van der Waals surface area contributed by atoms with Crippen molar-refractivity contribution in [1.29, 1.82) is 0 Å². The summed E-state index contributed by atoms with van der Waals surface area (Å²) in [7, 11) is 0. The van der Waals surface area contributed by atoms with E-state index in [1.54, 1.807) is 0 Å². The van der Waals surface area contributed by atoms with Crippen LogP contribution in [0.1, 0.15) is 17.9 Å². The van der Waals surface area contributed by atoms with Crippen molar-refractivity contribution in [3.05, 3.63) is 35.9 Å². The summed E-state index contributed by atoms with van der Waals surface area (Å²) < 4.78 is 0. The molecule has 0 aliphatic carbocycles. The van der Waals surface area contributed by atoms with Crippen molar-refractivity contribution in [1.82, 2.24) is 5.06 Å². The third-order valence-electron chi connectivity index (χ3n) is 2.37. The second-order valence-corrected chi connectivity index (χ2v) is 3.29. The molecule has 13 heavy (non-hydrogen) atoms. The van der Waals surface area contributed by atoms with Crippen LogP contribution in [0.15, 0.2) is 30.3 Å². The van der Waals surface area contributed by atoms with E-state index >= 15 is 0 Å². The number of amides is 1. The normalized spacial score (nSPS) is 22.4. The van der Waals surface area contributed by atoms with Gasteiger partial charge in [-0.05, 0) is 5.56 Å². The van der Waals surface area contributed by atoms with Crippen LogP contribution in [0.3, 0.4) is 0 Å². The maximum absolute atomic E-state index is 11.0. The fourth-order valence-electron chi connectivity index (χ4n) is 1.64. The largest absolute Gasteiger partial charge is 0.286 e. The van der Waals surface area contributed by atoms with Crippen LogP contribution < -0.4 is 0 Å². The molecule has 1 saturated heterocycles. The van der Waals surface area contributed by atoms with Gasteiger partial charge in [-0.3, -0.25) is 10.0 Å². The van der Waals surface area contributed by atoms with Gasteiger partial charge in [0.2, 0.25) is 5.91 Å². The lowest BCUT2D eigenvalue weighted by atomic mass is 9.99. The van der Waals surface area contributed by atoms with E-state index in [1.807, 2.05) is 30.3 Å². The zero-order valence-corrected chi connectivity index (χ0v) is 7.18. The topological polar surface area (TPSA) is 40.5 Å². The first kappa shape index (κ1) is 8.26. The van der Waals surface area contributed by atoms with Crippen LogP contribution >= 0.6 is 0 Å². The monoisotopic (exact) mass is 177 g/mol. The van der Waals surface area contributed by atoms with E-state index in [0.29, 0.717) is 13.0 Å². The number of hydrogen-bond acceptors (Lipinski definition) is 2. The Bertz CT molecular complexity index is 310. The summed E-state index contributed by atoms with van der Waals surface area (Å²) in [5.74, 6) is -0.0347. The van der Waals surface area contributed by atoms with Crippen LogP contribution in [0.4, 0.5) is 0 Å². The molecule has 1 aromatic rings. The average molecular weight is 177 g/mol. The molecule has 1 N–H and O–H groups in total. The minimum atomic E-state index is -0.186. The van der Waals surface area contributed by atoms with E-state index in [0.717, 1.165) is 10.6 Å². The van der Waals surface area contributed by atoms with Crippen LogP contribution in [0, 0.1) is 0 Å². The summed E-state index contributed by atoms with van der Waals surface area (Å²) in [5.41, 5.74) is 1.12. The molecule has 0 bridgehead atoms. The predicted molar refractivity (Wildman–Crippen MR) is 47.3 cm³/mol. The van der Waals surface area contributed by atoms with Gasteiger partial charge in [0.25, 0.3) is 0 Å². The molecule has 1 aromatic carbocycles. The standard InChI is InChI=1S/C10H11NO2/c12-10-6-9(7-11(10)13)8-4-2-1-3-5-8/h1-5,9,13H,6-7H2. The molecule has 1 unspecified atom stereocenters. The van der Waals surface area contributed by atoms with Crippen LogP contribution in [-0.4, -0.2) is 22.7 Å². The molecular formula is C10H11NO2. The lowest BCUT2D eigenvalue weighted by Crippen LogP contribution is -2.19. The van der Waals surface area contributed by atoms with Crippen molar-refractivity contribution in [2.45, 2.75) is 12.3 Å². The van der Waals surface area contributed by atoms with Gasteiger partial charge in [0.1, 0.15) is 0 Å². The lowest BCUT2D eigenvalue weighted by Gasteiger charge is -2.08. The number of carbonyl (C=O) groups is 1. The zero-order valence-electron chi connectivity index (χ0n) is 7.18. The highest BCUT2D eigenvalue weighted by atomic mass is 16.5. The molecule has 68 valence electrons. The molecular weight excluding hydrogens is 166 g/mol. The summed E-state index contributed by atoms with van der Waals surface area (Å²) in [4.78, 5) is 11.0. The molecule has 0 aromatic heterocycles. The fourth-order valence-corrected chi connectivity index (χ4v) is 1.64. The summed E-state index contributed by atoms with van der Waals surface area (Å²) in [5, 5.41) is 9.92. The second-order valence-electron chi connectivity index (χ2n) is 3.29. The SMILES string of the molecule is O=C1CC(c2ccccc2)CN1O. The maximum atomic E-state index is 11.0. The van der Waals surface area contributed by atoms with Crippen LogP contribution in [0.25, 0.3) is 0 Å². The average Bonchev–Trinajstić information content (AvgIpc) is 2.49. The summed E-state index contributed by atoms with van der Waals surface area (Å²) in [6.07, 6.45) is 0.417. The molecule has 1 aliphatic rings. The Labute approximate surface area is 76.6 Å². The van der Waals surface area contributed by atoms with Gasteiger partial charge in [0.15, 0.2) is 0 Å². The number of hydroxylamine groups is 2. The van der Waals surface area contributed by atoms with Gasteiger partial charge >= 0.3 is 0 Å². The molecule has 1 atom stereocenters. The highest BCUT2D eigenvalue weighted by molar-refractivity contribution is 5.78. The van der Waals surface area contributed by atoms with Crippen molar-refractivity contribution in [3.8, 4) is 0 Å². The molecule has 1 heterocycles. The van der Waals surface area contributed by atoms with E-state index in [2.05, 4.69) is 0 Å². The highest BCUT2D eigenvalue weighted by Gasteiger charge is 2.29. The summed E-state index contributed by atoms with van der Waals surface area (Å²) >= 11 is 0. The first-order chi connectivity index (χ1) is 6.27. The molecule has 0 spiro atoms. The molecule has 1 amide bonds. The Morgan fingerprint density at radius 3 is 2.54 bits per heavy atom. The van der Waals surface area contributed by atoms with Gasteiger partial charge < -0.3 is 0 Å². The lowest BCUT2D eigenvalue weighted by molar-refractivity contribution is -0.157. The Kier molecular flexibility index (Phi) is 2.02. The van der Waals surface area contributed by atoms with E-state index in [9.17, 15) is 4.79 Å². The van der Waals surface area contributed by atoms with E-state index < -0.39 is 0 Å². The molecule has 0 saturated carbocycles. The van der Waals surface area contributed by atoms with Crippen molar-refractivity contribution >= 4 is 5.91 Å². The maximum Gasteiger partial charge on any atom is 0.246 e. The van der Waals surface area contributed by atoms with Gasteiger partial charge in [-0.2, -0.15) is 0 Å². The fraction of sp³-hybridized carbons (Fsp3) is 0.300. The van der Waals surface area contributed by atoms with E-state index in [4.69, 9.17) is 5.21 Å². The summed E-state index contributed by atoms with van der Waals surface area (Å²) in [6, 6.07) is 9.80. The first-order valence-electron chi connectivity index (χ1n) is 4.31. The second kappa shape index (κ2) is 3.18. The summed E-state index contributed by atoms with van der Waals surface area (Å²) in [6.45, 7) is 0.419. The van der Waals surface area contributed by atoms with Gasteiger partial charge in [-0.25, -0.2) is 5.06 Å². The van der Waals surface area contributed by atoms with Crippen LogP contribution in [-0.2, 0) is 4.79 Å². The first-order valence-corrected chi connectivity index (χ1v) is 4.31. The number of nitrogens with zero attached hydrogens (tertiary/aromatic N) is 1. The third kappa shape index (κ3) is 1.55. The van der Waals surface area contributed by atoms with Gasteiger partial charge in [0.05, 0.1) is 6.54 Å². The Hall–Kier alpha value is -1.35. The van der Waals surface area contributed by atoms with E-state index in [1.165, 1.54) is 0 Å². The van der Waals surface area contributed by atoms with Gasteiger partial charge in [-0.1, -0.05) is 30.3 Å². The smallest absolute Gasteiger partial charge is 0.246 e. The van der Waals surface area contributed by atoms with Crippen molar-refractivity contribution < 1.29 is 10.0 Å². The number of hydrogen-bond donors (Lipinski definition) is 1. The minimum absolute atomic E-state index is 0.152. The molecule has 3 heteroatoms. The number of rotatable bonds is 1. The van der Waals surface area contributed by atoms with Gasteiger partial charge in [-0.15, -0.1) is 0 Å².